The Hall–Kier alpha value is -3.41. The van der Waals surface area contributed by atoms with Gasteiger partial charge in [-0.05, 0) is 42.8 Å². The van der Waals surface area contributed by atoms with Gasteiger partial charge in [-0.3, -0.25) is 4.98 Å². The first-order valence-corrected chi connectivity index (χ1v) is 8.01. The van der Waals surface area contributed by atoms with E-state index >= 15 is 0 Å². The molecule has 1 aliphatic rings. The molecule has 0 aliphatic carbocycles. The summed E-state index contributed by atoms with van der Waals surface area (Å²) in [5.41, 5.74) is 2.77. The molecule has 0 aromatic carbocycles. The van der Waals surface area contributed by atoms with Crippen molar-refractivity contribution in [2.75, 3.05) is 11.9 Å². The fourth-order valence-corrected chi connectivity index (χ4v) is 2.53. The quantitative estimate of drug-likeness (QED) is 0.761. The molecule has 3 aromatic heterocycles. The van der Waals surface area contributed by atoms with Crippen LogP contribution < -0.4 is 10.6 Å². The van der Waals surface area contributed by atoms with Crippen LogP contribution in [0, 0.1) is 0 Å². The lowest BCUT2D eigenvalue weighted by molar-refractivity contribution is 0.586. The Kier molecular flexibility index (Phi) is 4.00. The van der Waals surface area contributed by atoms with E-state index in [1.165, 1.54) is 5.57 Å². The number of hydrogen-bond donors (Lipinski definition) is 2. The van der Waals surface area contributed by atoms with Crippen LogP contribution in [0.1, 0.15) is 6.92 Å². The summed E-state index contributed by atoms with van der Waals surface area (Å²) in [6, 6.07) is 9.50. The number of hydrogen-bond acceptors (Lipinski definition) is 6. The van der Waals surface area contributed by atoms with Gasteiger partial charge in [0, 0.05) is 18.9 Å². The van der Waals surface area contributed by atoms with Crippen molar-refractivity contribution in [1.29, 1.82) is 0 Å². The van der Waals surface area contributed by atoms with Crippen molar-refractivity contribution in [3.63, 3.8) is 0 Å². The van der Waals surface area contributed by atoms with Crippen molar-refractivity contribution in [1.82, 2.24) is 20.3 Å². The van der Waals surface area contributed by atoms with Crippen molar-refractivity contribution in [3.8, 4) is 22.9 Å². The fourth-order valence-electron chi connectivity index (χ4n) is 2.53. The van der Waals surface area contributed by atoms with E-state index < -0.39 is 0 Å². The van der Waals surface area contributed by atoms with E-state index in [4.69, 9.17) is 4.42 Å². The number of aromatic nitrogens is 3. The smallest absolute Gasteiger partial charge is 0.228 e. The third-order valence-corrected chi connectivity index (χ3v) is 3.77. The van der Waals surface area contributed by atoms with Gasteiger partial charge in [-0.25, -0.2) is 9.97 Å². The van der Waals surface area contributed by atoms with Gasteiger partial charge >= 0.3 is 0 Å². The van der Waals surface area contributed by atoms with Crippen LogP contribution in [0.15, 0.2) is 76.9 Å². The summed E-state index contributed by atoms with van der Waals surface area (Å²) in [6.45, 7) is 2.88. The topological polar surface area (TPSA) is 75.9 Å². The molecular formula is C19H17N5O. The van der Waals surface area contributed by atoms with Crippen LogP contribution in [-0.2, 0) is 0 Å². The van der Waals surface area contributed by atoms with Gasteiger partial charge in [0.2, 0.25) is 5.89 Å². The second-order valence-corrected chi connectivity index (χ2v) is 5.69. The largest absolute Gasteiger partial charge is 0.434 e. The monoisotopic (exact) mass is 331 g/mol. The molecule has 0 saturated heterocycles. The first kappa shape index (κ1) is 15.1. The van der Waals surface area contributed by atoms with Crippen LogP contribution in [0.5, 0.6) is 0 Å². The maximum atomic E-state index is 5.84. The molecule has 0 unspecified atom stereocenters. The van der Waals surface area contributed by atoms with Crippen molar-refractivity contribution < 1.29 is 4.42 Å². The Labute approximate surface area is 145 Å². The molecule has 1 aliphatic heterocycles. The molecule has 2 N–H and O–H groups in total. The van der Waals surface area contributed by atoms with Gasteiger partial charge in [0.1, 0.15) is 17.3 Å². The summed E-state index contributed by atoms with van der Waals surface area (Å²) >= 11 is 0. The molecule has 0 saturated carbocycles. The lowest BCUT2D eigenvalue weighted by Gasteiger charge is -2.16. The molecule has 0 radical (unpaired) electrons. The standard InChI is InChI=1S/C19H17N5O/c1-13-7-9-21-18(10-13)24-17-6-2-5-15(23-17)16-12-22-19(25-16)14-4-3-8-20-11-14/h2-8,10-12,21H,9H2,1H3,(H,23,24). The normalized spacial score (nSPS) is 13.6. The molecule has 4 rings (SSSR count). The van der Waals surface area contributed by atoms with Gasteiger partial charge in [0.05, 0.1) is 11.8 Å². The molecule has 0 fully saturated rings. The van der Waals surface area contributed by atoms with Crippen molar-refractivity contribution in [2.24, 2.45) is 0 Å². The summed E-state index contributed by atoms with van der Waals surface area (Å²) in [5, 5.41) is 6.56. The average molecular weight is 331 g/mol. The predicted octanol–water partition coefficient (Wildman–Crippen LogP) is 3.60. The summed E-state index contributed by atoms with van der Waals surface area (Å²) in [5.74, 6) is 2.81. The molecule has 25 heavy (non-hydrogen) atoms. The third kappa shape index (κ3) is 3.42. The van der Waals surface area contributed by atoms with Gasteiger partial charge in [-0.2, -0.15) is 0 Å². The van der Waals surface area contributed by atoms with E-state index in [2.05, 4.69) is 38.6 Å². The van der Waals surface area contributed by atoms with Crippen molar-refractivity contribution in [3.05, 3.63) is 72.5 Å². The highest BCUT2D eigenvalue weighted by atomic mass is 16.4. The Morgan fingerprint density at radius 2 is 2.12 bits per heavy atom. The van der Waals surface area contributed by atoms with E-state index in [0.29, 0.717) is 11.7 Å². The van der Waals surface area contributed by atoms with E-state index in [9.17, 15) is 0 Å². The van der Waals surface area contributed by atoms with E-state index in [-0.39, 0.29) is 0 Å². The minimum absolute atomic E-state index is 0.528. The Bertz CT molecular complexity index is 943. The molecule has 0 spiro atoms. The summed E-state index contributed by atoms with van der Waals surface area (Å²) in [7, 11) is 0. The zero-order chi connectivity index (χ0) is 17.1. The Balaban J connectivity index is 1.58. The summed E-state index contributed by atoms with van der Waals surface area (Å²) in [6.07, 6.45) is 9.29. The average Bonchev–Trinajstić information content (AvgIpc) is 3.13. The zero-order valence-electron chi connectivity index (χ0n) is 13.7. The lowest BCUT2D eigenvalue weighted by atomic mass is 10.2. The number of oxazole rings is 1. The Morgan fingerprint density at radius 1 is 1.16 bits per heavy atom. The minimum atomic E-state index is 0.528. The number of rotatable bonds is 4. The highest BCUT2D eigenvalue weighted by Gasteiger charge is 2.11. The van der Waals surface area contributed by atoms with E-state index in [1.54, 1.807) is 18.6 Å². The number of dihydropyridines is 1. The van der Waals surface area contributed by atoms with Crippen LogP contribution in [0.3, 0.4) is 0 Å². The van der Waals surface area contributed by atoms with Crippen molar-refractivity contribution >= 4 is 5.82 Å². The van der Waals surface area contributed by atoms with Gasteiger partial charge in [-0.15, -0.1) is 0 Å². The van der Waals surface area contributed by atoms with Crippen LogP contribution >= 0.6 is 0 Å². The van der Waals surface area contributed by atoms with Gasteiger partial charge < -0.3 is 15.1 Å². The number of anilines is 1. The zero-order valence-corrected chi connectivity index (χ0v) is 13.7. The van der Waals surface area contributed by atoms with E-state index in [0.717, 1.165) is 29.4 Å². The molecule has 3 aromatic rings. The number of allylic oxidation sites excluding steroid dienone is 2. The highest BCUT2D eigenvalue weighted by molar-refractivity contribution is 5.59. The third-order valence-electron chi connectivity index (χ3n) is 3.77. The fraction of sp³-hybridized carbons (Fsp3) is 0.105. The second-order valence-electron chi connectivity index (χ2n) is 5.69. The maximum Gasteiger partial charge on any atom is 0.228 e. The Morgan fingerprint density at radius 3 is 2.96 bits per heavy atom. The summed E-state index contributed by atoms with van der Waals surface area (Å²) in [4.78, 5) is 13.0. The van der Waals surface area contributed by atoms with Crippen LogP contribution in [0.25, 0.3) is 22.9 Å². The number of nitrogens with zero attached hydrogens (tertiary/aromatic N) is 3. The molecule has 0 atom stereocenters. The van der Waals surface area contributed by atoms with Crippen molar-refractivity contribution in [2.45, 2.75) is 6.92 Å². The second kappa shape index (κ2) is 6.60. The molecule has 124 valence electrons. The highest BCUT2D eigenvalue weighted by Crippen LogP contribution is 2.25. The molecule has 0 bridgehead atoms. The maximum absolute atomic E-state index is 5.84. The van der Waals surface area contributed by atoms with Crippen LogP contribution in [-0.4, -0.2) is 21.5 Å². The molecule has 4 heterocycles. The lowest BCUT2D eigenvalue weighted by Crippen LogP contribution is -2.23. The van der Waals surface area contributed by atoms with E-state index in [1.807, 2.05) is 36.4 Å². The first-order valence-electron chi connectivity index (χ1n) is 8.01. The molecule has 6 heteroatoms. The van der Waals surface area contributed by atoms with Crippen LogP contribution in [0.4, 0.5) is 5.82 Å². The summed E-state index contributed by atoms with van der Waals surface area (Å²) < 4.78 is 5.84. The van der Waals surface area contributed by atoms with Gasteiger partial charge in [0.25, 0.3) is 0 Å². The number of pyridine rings is 2. The van der Waals surface area contributed by atoms with Gasteiger partial charge in [-0.1, -0.05) is 12.1 Å². The molecule has 0 amide bonds. The predicted molar refractivity (Wildman–Crippen MR) is 96.4 cm³/mol. The SMILES string of the molecule is CC1=CCNC(Nc2cccc(-c3cnc(-c4cccnc4)o3)n2)=C1. The van der Waals surface area contributed by atoms with Crippen LogP contribution in [0.2, 0.25) is 0 Å². The molecular weight excluding hydrogens is 314 g/mol. The molecule has 6 nitrogen and oxygen atoms in total. The minimum Gasteiger partial charge on any atom is -0.434 e. The first-order chi connectivity index (χ1) is 12.3. The number of nitrogens with one attached hydrogen (secondary N) is 2. The van der Waals surface area contributed by atoms with Gasteiger partial charge in [0.15, 0.2) is 5.76 Å².